The average Bonchev–Trinajstić information content (AvgIpc) is 2.88. The van der Waals surface area contributed by atoms with Crippen molar-refractivity contribution in [1.29, 1.82) is 0 Å². The fourth-order valence-corrected chi connectivity index (χ4v) is 1.74. The standard InChI is InChI=1S/C12H8ClN5O/c13-10-4-15-11(5-14-10)18-12(19)7-1-2-8-9(3-7)17-6-16-8/h1-6H,(H,16,17)(H,15,18,19). The van der Waals surface area contributed by atoms with E-state index in [2.05, 4.69) is 25.3 Å². The van der Waals surface area contributed by atoms with Crippen molar-refractivity contribution in [3.05, 3.63) is 47.6 Å². The highest BCUT2D eigenvalue weighted by Gasteiger charge is 2.08. The number of carbonyl (C=O) groups is 1. The van der Waals surface area contributed by atoms with Gasteiger partial charge in [-0.3, -0.25) is 4.79 Å². The molecule has 19 heavy (non-hydrogen) atoms. The summed E-state index contributed by atoms with van der Waals surface area (Å²) in [6, 6.07) is 5.19. The Balaban J connectivity index is 1.84. The van der Waals surface area contributed by atoms with Crippen molar-refractivity contribution in [2.75, 3.05) is 5.32 Å². The summed E-state index contributed by atoms with van der Waals surface area (Å²) in [6.07, 6.45) is 4.35. The number of fused-ring (bicyclic) bond motifs is 1. The maximum atomic E-state index is 12.0. The number of H-pyrrole nitrogens is 1. The summed E-state index contributed by atoms with van der Waals surface area (Å²) in [4.78, 5) is 26.8. The van der Waals surface area contributed by atoms with Gasteiger partial charge >= 0.3 is 0 Å². The first kappa shape index (κ1) is 11.6. The average molecular weight is 274 g/mol. The predicted octanol–water partition coefficient (Wildman–Crippen LogP) is 2.26. The molecule has 1 aromatic carbocycles. The van der Waals surface area contributed by atoms with Crippen LogP contribution in [0, 0.1) is 0 Å². The Hall–Kier alpha value is -2.47. The second-order valence-corrected chi connectivity index (χ2v) is 4.20. The Kier molecular flexibility index (Phi) is 2.85. The molecule has 0 atom stereocenters. The van der Waals surface area contributed by atoms with Crippen molar-refractivity contribution in [2.45, 2.75) is 0 Å². The second kappa shape index (κ2) is 4.66. The lowest BCUT2D eigenvalue weighted by molar-refractivity contribution is 0.102. The summed E-state index contributed by atoms with van der Waals surface area (Å²) in [7, 11) is 0. The number of anilines is 1. The molecule has 0 bridgehead atoms. The molecular formula is C12H8ClN5O. The first-order valence-electron chi connectivity index (χ1n) is 5.44. The molecule has 6 nitrogen and oxygen atoms in total. The molecule has 0 aliphatic carbocycles. The minimum absolute atomic E-state index is 0.270. The van der Waals surface area contributed by atoms with E-state index in [4.69, 9.17) is 11.6 Å². The molecule has 94 valence electrons. The van der Waals surface area contributed by atoms with Crippen LogP contribution in [0.4, 0.5) is 5.82 Å². The van der Waals surface area contributed by atoms with E-state index in [0.29, 0.717) is 11.4 Å². The number of halogens is 1. The summed E-state index contributed by atoms with van der Waals surface area (Å²) >= 11 is 5.62. The van der Waals surface area contributed by atoms with Crippen molar-refractivity contribution in [3.8, 4) is 0 Å². The molecular weight excluding hydrogens is 266 g/mol. The van der Waals surface area contributed by atoms with Crippen LogP contribution >= 0.6 is 11.6 Å². The lowest BCUT2D eigenvalue weighted by atomic mass is 10.2. The van der Waals surface area contributed by atoms with Gasteiger partial charge in [0.25, 0.3) is 5.91 Å². The molecule has 0 saturated heterocycles. The molecule has 7 heteroatoms. The molecule has 0 aliphatic heterocycles. The van der Waals surface area contributed by atoms with E-state index in [1.54, 1.807) is 24.5 Å². The molecule has 1 amide bonds. The van der Waals surface area contributed by atoms with Gasteiger partial charge in [0.05, 0.1) is 29.8 Å². The zero-order chi connectivity index (χ0) is 13.2. The number of rotatable bonds is 2. The van der Waals surface area contributed by atoms with Crippen molar-refractivity contribution in [2.24, 2.45) is 0 Å². The topological polar surface area (TPSA) is 83.6 Å². The van der Waals surface area contributed by atoms with E-state index >= 15 is 0 Å². The maximum Gasteiger partial charge on any atom is 0.256 e. The minimum atomic E-state index is -0.270. The van der Waals surface area contributed by atoms with E-state index in [1.165, 1.54) is 12.4 Å². The molecule has 0 spiro atoms. The van der Waals surface area contributed by atoms with Crippen LogP contribution in [0.25, 0.3) is 11.0 Å². The number of aromatic amines is 1. The van der Waals surface area contributed by atoms with Gasteiger partial charge in [0.1, 0.15) is 5.15 Å². The summed E-state index contributed by atoms with van der Waals surface area (Å²) in [6.45, 7) is 0. The van der Waals surface area contributed by atoms with E-state index in [1.807, 2.05) is 0 Å². The lowest BCUT2D eigenvalue weighted by Gasteiger charge is -2.03. The van der Waals surface area contributed by atoms with Crippen molar-refractivity contribution in [1.82, 2.24) is 19.9 Å². The van der Waals surface area contributed by atoms with Crippen LogP contribution < -0.4 is 5.32 Å². The first-order chi connectivity index (χ1) is 9.22. The van der Waals surface area contributed by atoms with Crippen LogP contribution in [0.1, 0.15) is 10.4 Å². The molecule has 2 N–H and O–H groups in total. The van der Waals surface area contributed by atoms with Crippen LogP contribution in [0.15, 0.2) is 36.9 Å². The zero-order valence-corrected chi connectivity index (χ0v) is 10.3. The second-order valence-electron chi connectivity index (χ2n) is 3.81. The third-order valence-electron chi connectivity index (χ3n) is 2.54. The van der Waals surface area contributed by atoms with Gasteiger partial charge in [-0.2, -0.15) is 0 Å². The molecule has 2 aromatic heterocycles. The molecule has 0 saturated carbocycles. The SMILES string of the molecule is O=C(Nc1cnc(Cl)cn1)c1ccc2nc[nH]c2c1. The van der Waals surface area contributed by atoms with Gasteiger partial charge in [-0.25, -0.2) is 15.0 Å². The maximum absolute atomic E-state index is 12.0. The van der Waals surface area contributed by atoms with Gasteiger partial charge in [0.2, 0.25) is 0 Å². The van der Waals surface area contributed by atoms with Crippen LogP contribution in [-0.4, -0.2) is 25.8 Å². The number of carbonyl (C=O) groups excluding carboxylic acids is 1. The van der Waals surface area contributed by atoms with E-state index in [0.717, 1.165) is 11.0 Å². The quantitative estimate of drug-likeness (QED) is 0.750. The molecule has 2 heterocycles. The Labute approximate surface area is 112 Å². The number of nitrogens with one attached hydrogen (secondary N) is 2. The number of hydrogen-bond acceptors (Lipinski definition) is 4. The van der Waals surface area contributed by atoms with Crippen LogP contribution in [-0.2, 0) is 0 Å². The number of imidazole rings is 1. The zero-order valence-electron chi connectivity index (χ0n) is 9.59. The summed E-state index contributed by atoms with van der Waals surface area (Å²) < 4.78 is 0. The Bertz CT molecular complexity index is 737. The number of aromatic nitrogens is 4. The molecule has 3 rings (SSSR count). The molecule has 0 aliphatic rings. The van der Waals surface area contributed by atoms with E-state index in [9.17, 15) is 4.79 Å². The Morgan fingerprint density at radius 1 is 1.21 bits per heavy atom. The molecule has 0 radical (unpaired) electrons. The van der Waals surface area contributed by atoms with Crippen molar-refractivity contribution < 1.29 is 4.79 Å². The molecule has 0 unspecified atom stereocenters. The van der Waals surface area contributed by atoms with Crippen molar-refractivity contribution in [3.63, 3.8) is 0 Å². The van der Waals surface area contributed by atoms with Gasteiger partial charge in [-0.15, -0.1) is 0 Å². The Morgan fingerprint density at radius 3 is 2.89 bits per heavy atom. The van der Waals surface area contributed by atoms with E-state index < -0.39 is 0 Å². The third kappa shape index (κ3) is 2.38. The van der Waals surface area contributed by atoms with Crippen LogP contribution in [0.3, 0.4) is 0 Å². The van der Waals surface area contributed by atoms with Crippen LogP contribution in [0.5, 0.6) is 0 Å². The number of amides is 1. The number of nitrogens with zero attached hydrogens (tertiary/aromatic N) is 3. The lowest BCUT2D eigenvalue weighted by Crippen LogP contribution is -2.13. The normalized spacial score (nSPS) is 10.6. The Morgan fingerprint density at radius 2 is 2.11 bits per heavy atom. The largest absolute Gasteiger partial charge is 0.345 e. The third-order valence-corrected chi connectivity index (χ3v) is 2.74. The summed E-state index contributed by atoms with van der Waals surface area (Å²) in [5.74, 6) is 0.0761. The van der Waals surface area contributed by atoms with Gasteiger partial charge in [0.15, 0.2) is 5.82 Å². The summed E-state index contributed by atoms with van der Waals surface area (Å²) in [5.41, 5.74) is 2.12. The fourth-order valence-electron chi connectivity index (χ4n) is 1.64. The van der Waals surface area contributed by atoms with Gasteiger partial charge in [-0.05, 0) is 18.2 Å². The number of benzene rings is 1. The van der Waals surface area contributed by atoms with Crippen molar-refractivity contribution >= 4 is 34.4 Å². The number of hydrogen-bond donors (Lipinski definition) is 2. The first-order valence-corrected chi connectivity index (χ1v) is 5.82. The molecule has 3 aromatic rings. The predicted molar refractivity (Wildman–Crippen MR) is 71.1 cm³/mol. The highest BCUT2D eigenvalue weighted by Crippen LogP contribution is 2.13. The smallest absolute Gasteiger partial charge is 0.256 e. The monoisotopic (exact) mass is 273 g/mol. The highest BCUT2D eigenvalue weighted by molar-refractivity contribution is 6.29. The van der Waals surface area contributed by atoms with Crippen LogP contribution in [0.2, 0.25) is 5.15 Å². The van der Waals surface area contributed by atoms with E-state index in [-0.39, 0.29) is 11.1 Å². The minimum Gasteiger partial charge on any atom is -0.345 e. The van der Waals surface area contributed by atoms with Gasteiger partial charge < -0.3 is 10.3 Å². The molecule has 0 fully saturated rings. The highest BCUT2D eigenvalue weighted by atomic mass is 35.5. The summed E-state index contributed by atoms with van der Waals surface area (Å²) in [5, 5.41) is 2.91. The van der Waals surface area contributed by atoms with Gasteiger partial charge in [-0.1, -0.05) is 11.6 Å². The fraction of sp³-hybridized carbons (Fsp3) is 0. The van der Waals surface area contributed by atoms with Gasteiger partial charge in [0, 0.05) is 5.56 Å².